The molecule has 2 aromatic rings. The van der Waals surface area contributed by atoms with Gasteiger partial charge in [-0.05, 0) is 37.0 Å². The summed E-state index contributed by atoms with van der Waals surface area (Å²) in [5.41, 5.74) is 2.33. The fourth-order valence-electron chi connectivity index (χ4n) is 2.86. The van der Waals surface area contributed by atoms with Crippen LogP contribution in [0.1, 0.15) is 18.4 Å². The number of carbonyl (C=O) groups is 1. The van der Waals surface area contributed by atoms with Gasteiger partial charge in [0, 0.05) is 42.3 Å². The minimum Gasteiger partial charge on any atom is -0.368 e. The molecule has 0 unspecified atom stereocenters. The monoisotopic (exact) mass is 306 g/mol. The second kappa shape index (κ2) is 6.08. The molecule has 1 aliphatic heterocycles. The SMILES string of the molecule is Cn1cc(CCNC(=O)[C@@H]2CCCO2)c2ccc(Cl)cc21. The second-order valence-corrected chi connectivity index (χ2v) is 5.91. The van der Waals surface area contributed by atoms with Crippen molar-refractivity contribution in [3.8, 4) is 0 Å². The maximum Gasteiger partial charge on any atom is 0.249 e. The number of aryl methyl sites for hydroxylation is 1. The Morgan fingerprint density at radius 3 is 3.14 bits per heavy atom. The van der Waals surface area contributed by atoms with Crippen LogP contribution in [0.4, 0.5) is 0 Å². The Labute approximate surface area is 129 Å². The van der Waals surface area contributed by atoms with E-state index in [4.69, 9.17) is 16.3 Å². The second-order valence-electron chi connectivity index (χ2n) is 5.47. The molecule has 5 heteroatoms. The lowest BCUT2D eigenvalue weighted by molar-refractivity contribution is -0.129. The van der Waals surface area contributed by atoms with Crippen molar-refractivity contribution in [2.24, 2.45) is 7.05 Å². The van der Waals surface area contributed by atoms with E-state index < -0.39 is 0 Å². The Bertz CT molecular complexity index is 660. The number of aromatic nitrogens is 1. The third kappa shape index (κ3) is 3.06. The molecule has 112 valence electrons. The molecule has 1 fully saturated rings. The van der Waals surface area contributed by atoms with Crippen molar-refractivity contribution in [3.05, 3.63) is 35.0 Å². The van der Waals surface area contributed by atoms with E-state index >= 15 is 0 Å². The first kappa shape index (κ1) is 14.4. The van der Waals surface area contributed by atoms with Crippen LogP contribution >= 0.6 is 11.6 Å². The molecule has 0 aliphatic carbocycles. The highest BCUT2D eigenvalue weighted by atomic mass is 35.5. The standard InChI is InChI=1S/C16H19ClN2O2/c1-19-10-11(13-5-4-12(17)9-14(13)19)6-7-18-16(20)15-3-2-8-21-15/h4-5,9-10,15H,2-3,6-8H2,1H3,(H,18,20)/t15-/m0/s1. The van der Waals surface area contributed by atoms with E-state index in [1.54, 1.807) is 0 Å². The van der Waals surface area contributed by atoms with E-state index in [1.807, 2.05) is 25.2 Å². The number of rotatable bonds is 4. The van der Waals surface area contributed by atoms with Crippen molar-refractivity contribution in [3.63, 3.8) is 0 Å². The lowest BCUT2D eigenvalue weighted by atomic mass is 10.1. The molecule has 1 aromatic heterocycles. The lowest BCUT2D eigenvalue weighted by Gasteiger charge is -2.09. The fraction of sp³-hybridized carbons (Fsp3) is 0.438. The number of nitrogens with zero attached hydrogens (tertiary/aromatic N) is 1. The predicted molar refractivity (Wildman–Crippen MR) is 83.6 cm³/mol. The van der Waals surface area contributed by atoms with Gasteiger partial charge in [0.25, 0.3) is 0 Å². The first-order valence-electron chi connectivity index (χ1n) is 7.28. The molecule has 0 spiro atoms. The van der Waals surface area contributed by atoms with Crippen molar-refractivity contribution in [2.45, 2.75) is 25.4 Å². The highest BCUT2D eigenvalue weighted by Crippen LogP contribution is 2.24. The van der Waals surface area contributed by atoms with E-state index in [9.17, 15) is 4.79 Å². The molecule has 3 rings (SSSR count). The molecule has 2 heterocycles. The number of carbonyl (C=O) groups excluding carboxylic acids is 1. The number of fused-ring (bicyclic) bond motifs is 1. The molecule has 1 aromatic carbocycles. The molecule has 21 heavy (non-hydrogen) atoms. The van der Waals surface area contributed by atoms with Crippen molar-refractivity contribution in [1.82, 2.24) is 9.88 Å². The molecule has 1 aliphatic rings. The van der Waals surface area contributed by atoms with Crippen LogP contribution < -0.4 is 5.32 Å². The van der Waals surface area contributed by atoms with Crippen LogP contribution in [-0.2, 0) is 23.0 Å². The molecule has 1 saturated heterocycles. The Morgan fingerprint density at radius 2 is 2.38 bits per heavy atom. The number of amides is 1. The molecule has 0 bridgehead atoms. The Kier molecular flexibility index (Phi) is 4.17. The highest BCUT2D eigenvalue weighted by Gasteiger charge is 2.22. The topological polar surface area (TPSA) is 43.3 Å². The van der Waals surface area contributed by atoms with Crippen LogP contribution in [-0.4, -0.2) is 29.7 Å². The number of halogens is 1. The average Bonchev–Trinajstić information content (AvgIpc) is 3.08. The van der Waals surface area contributed by atoms with E-state index in [2.05, 4.69) is 16.1 Å². The van der Waals surface area contributed by atoms with Gasteiger partial charge in [-0.3, -0.25) is 4.79 Å². The van der Waals surface area contributed by atoms with Crippen molar-refractivity contribution >= 4 is 28.4 Å². The number of hydrogen-bond donors (Lipinski definition) is 1. The first-order valence-corrected chi connectivity index (χ1v) is 7.66. The summed E-state index contributed by atoms with van der Waals surface area (Å²) in [6.45, 7) is 1.32. The minimum atomic E-state index is -0.253. The molecular weight excluding hydrogens is 288 g/mol. The lowest BCUT2D eigenvalue weighted by Crippen LogP contribution is -2.35. The fourth-order valence-corrected chi connectivity index (χ4v) is 3.03. The maximum atomic E-state index is 11.9. The summed E-state index contributed by atoms with van der Waals surface area (Å²) in [6, 6.07) is 5.90. The number of hydrogen-bond acceptors (Lipinski definition) is 2. The summed E-state index contributed by atoms with van der Waals surface area (Å²) in [7, 11) is 2.01. The number of nitrogens with one attached hydrogen (secondary N) is 1. The summed E-state index contributed by atoms with van der Waals surface area (Å²) in [5, 5.41) is 4.89. The summed E-state index contributed by atoms with van der Waals surface area (Å²) < 4.78 is 7.44. The molecule has 4 nitrogen and oxygen atoms in total. The van der Waals surface area contributed by atoms with Gasteiger partial charge in [0.05, 0.1) is 0 Å². The van der Waals surface area contributed by atoms with Crippen LogP contribution in [0.15, 0.2) is 24.4 Å². The Balaban J connectivity index is 1.64. The van der Waals surface area contributed by atoms with Gasteiger partial charge in [0.2, 0.25) is 5.91 Å². The quantitative estimate of drug-likeness (QED) is 0.944. The third-order valence-corrected chi connectivity index (χ3v) is 4.19. The largest absolute Gasteiger partial charge is 0.368 e. The molecule has 1 N–H and O–H groups in total. The van der Waals surface area contributed by atoms with E-state index in [-0.39, 0.29) is 12.0 Å². The summed E-state index contributed by atoms with van der Waals surface area (Å²) in [5.74, 6) is 0.00998. The first-order chi connectivity index (χ1) is 10.1. The van der Waals surface area contributed by atoms with Gasteiger partial charge in [-0.25, -0.2) is 0 Å². The zero-order chi connectivity index (χ0) is 14.8. The van der Waals surface area contributed by atoms with Crippen LogP contribution in [0.5, 0.6) is 0 Å². The van der Waals surface area contributed by atoms with Crippen LogP contribution in [0.25, 0.3) is 10.9 Å². The van der Waals surface area contributed by atoms with Crippen molar-refractivity contribution in [2.75, 3.05) is 13.2 Å². The molecule has 1 atom stereocenters. The summed E-state index contributed by atoms with van der Waals surface area (Å²) in [6.07, 6.45) is 4.45. The van der Waals surface area contributed by atoms with Gasteiger partial charge >= 0.3 is 0 Å². The molecule has 1 amide bonds. The third-order valence-electron chi connectivity index (χ3n) is 3.95. The predicted octanol–water partition coefficient (Wildman–Crippen LogP) is 2.67. The van der Waals surface area contributed by atoms with Gasteiger partial charge in [-0.1, -0.05) is 17.7 Å². The van der Waals surface area contributed by atoms with E-state index in [0.29, 0.717) is 13.2 Å². The van der Waals surface area contributed by atoms with Crippen LogP contribution in [0.2, 0.25) is 5.02 Å². The molecule has 0 saturated carbocycles. The van der Waals surface area contributed by atoms with Gasteiger partial charge in [-0.2, -0.15) is 0 Å². The normalized spacial score (nSPS) is 18.3. The summed E-state index contributed by atoms with van der Waals surface area (Å²) >= 11 is 6.03. The Hall–Kier alpha value is -1.52. The van der Waals surface area contributed by atoms with Gasteiger partial charge in [0.1, 0.15) is 6.10 Å². The zero-order valence-electron chi connectivity index (χ0n) is 12.1. The smallest absolute Gasteiger partial charge is 0.249 e. The molecular formula is C16H19ClN2O2. The molecule has 0 radical (unpaired) electrons. The zero-order valence-corrected chi connectivity index (χ0v) is 12.8. The highest BCUT2D eigenvalue weighted by molar-refractivity contribution is 6.31. The van der Waals surface area contributed by atoms with Crippen molar-refractivity contribution in [1.29, 1.82) is 0 Å². The summed E-state index contributed by atoms with van der Waals surface area (Å²) in [4.78, 5) is 11.9. The van der Waals surface area contributed by atoms with Gasteiger partial charge < -0.3 is 14.6 Å². The van der Waals surface area contributed by atoms with Gasteiger partial charge in [0.15, 0.2) is 0 Å². The van der Waals surface area contributed by atoms with Crippen LogP contribution in [0.3, 0.4) is 0 Å². The Morgan fingerprint density at radius 1 is 1.52 bits per heavy atom. The number of ether oxygens (including phenoxy) is 1. The maximum absolute atomic E-state index is 11.9. The van der Waals surface area contributed by atoms with Crippen molar-refractivity contribution < 1.29 is 9.53 Å². The minimum absolute atomic E-state index is 0.00998. The van der Waals surface area contributed by atoms with E-state index in [0.717, 1.165) is 29.8 Å². The van der Waals surface area contributed by atoms with Gasteiger partial charge in [-0.15, -0.1) is 0 Å². The van der Waals surface area contributed by atoms with Crippen LogP contribution in [0, 0.1) is 0 Å². The average molecular weight is 307 g/mol. The van der Waals surface area contributed by atoms with E-state index in [1.165, 1.54) is 10.9 Å². The number of benzene rings is 1.